The van der Waals surface area contributed by atoms with Gasteiger partial charge in [0.25, 0.3) is 0 Å². The maximum absolute atomic E-state index is 12.0. The van der Waals surface area contributed by atoms with Gasteiger partial charge in [-0.25, -0.2) is 0 Å². The molecule has 1 aliphatic heterocycles. The third-order valence-corrected chi connectivity index (χ3v) is 3.69. The highest BCUT2D eigenvalue weighted by Crippen LogP contribution is 2.07. The lowest BCUT2D eigenvalue weighted by molar-refractivity contribution is -0.127. The van der Waals surface area contributed by atoms with Crippen LogP contribution in [-0.2, 0) is 4.79 Å². The second kappa shape index (κ2) is 8.51. The largest absolute Gasteiger partial charge is 0.353 e. The van der Waals surface area contributed by atoms with Crippen LogP contribution >= 0.6 is 0 Å². The van der Waals surface area contributed by atoms with Gasteiger partial charge in [-0.2, -0.15) is 0 Å². The molecule has 0 aromatic rings. The van der Waals surface area contributed by atoms with Gasteiger partial charge in [-0.1, -0.05) is 0 Å². The van der Waals surface area contributed by atoms with E-state index in [2.05, 4.69) is 15.1 Å². The second-order valence-corrected chi connectivity index (χ2v) is 5.71. The summed E-state index contributed by atoms with van der Waals surface area (Å²) in [5.41, 5.74) is 5.51. The number of nitrogens with zero attached hydrogens (tertiary/aromatic N) is 2. The highest BCUT2D eigenvalue weighted by Gasteiger charge is 2.25. The SMILES string of the molecule is CC(C)NC(=O)C(C)N1CCN(CCCCN)CC1. The van der Waals surface area contributed by atoms with E-state index < -0.39 is 0 Å². The molecule has 1 rings (SSSR count). The molecular formula is C14H30N4O. The number of carbonyl (C=O) groups excluding carboxylic acids is 1. The first kappa shape index (κ1) is 16.4. The fraction of sp³-hybridized carbons (Fsp3) is 0.929. The van der Waals surface area contributed by atoms with Crippen LogP contribution < -0.4 is 11.1 Å². The third-order valence-electron chi connectivity index (χ3n) is 3.69. The lowest BCUT2D eigenvalue weighted by Crippen LogP contribution is -2.54. The van der Waals surface area contributed by atoms with Crippen LogP contribution in [0.25, 0.3) is 0 Å². The Balaban J connectivity index is 2.26. The van der Waals surface area contributed by atoms with Crippen LogP contribution in [0, 0.1) is 0 Å². The summed E-state index contributed by atoms with van der Waals surface area (Å²) in [5, 5.41) is 2.98. The maximum atomic E-state index is 12.0. The molecular weight excluding hydrogens is 240 g/mol. The molecule has 112 valence electrons. The van der Waals surface area contributed by atoms with E-state index >= 15 is 0 Å². The molecule has 1 heterocycles. The molecule has 1 amide bonds. The van der Waals surface area contributed by atoms with Crippen molar-refractivity contribution in [3.8, 4) is 0 Å². The van der Waals surface area contributed by atoms with E-state index in [9.17, 15) is 4.79 Å². The van der Waals surface area contributed by atoms with Crippen LogP contribution in [0.15, 0.2) is 0 Å². The summed E-state index contributed by atoms with van der Waals surface area (Å²) in [7, 11) is 0. The molecule has 1 unspecified atom stereocenters. The first-order valence-corrected chi connectivity index (χ1v) is 7.51. The van der Waals surface area contributed by atoms with Crippen LogP contribution in [-0.4, -0.2) is 67.1 Å². The number of hydrogen-bond donors (Lipinski definition) is 2. The van der Waals surface area contributed by atoms with E-state index in [1.54, 1.807) is 0 Å². The van der Waals surface area contributed by atoms with Gasteiger partial charge in [0.05, 0.1) is 6.04 Å². The summed E-state index contributed by atoms with van der Waals surface area (Å²) in [6.45, 7) is 12.0. The number of amides is 1. The molecule has 5 heteroatoms. The molecule has 1 atom stereocenters. The van der Waals surface area contributed by atoms with Gasteiger partial charge in [0.2, 0.25) is 5.91 Å². The van der Waals surface area contributed by atoms with E-state index in [1.165, 1.54) is 6.42 Å². The number of unbranched alkanes of at least 4 members (excludes halogenated alkanes) is 1. The first-order chi connectivity index (χ1) is 9.04. The first-order valence-electron chi connectivity index (χ1n) is 7.51. The van der Waals surface area contributed by atoms with E-state index in [0.29, 0.717) is 0 Å². The molecule has 0 aliphatic carbocycles. The molecule has 1 saturated heterocycles. The molecule has 5 nitrogen and oxygen atoms in total. The van der Waals surface area contributed by atoms with Crippen LogP contribution in [0.3, 0.4) is 0 Å². The smallest absolute Gasteiger partial charge is 0.237 e. The Hall–Kier alpha value is -0.650. The van der Waals surface area contributed by atoms with Crippen molar-refractivity contribution in [2.24, 2.45) is 5.73 Å². The molecule has 1 aliphatic rings. The van der Waals surface area contributed by atoms with Crippen molar-refractivity contribution in [2.75, 3.05) is 39.3 Å². The fourth-order valence-electron chi connectivity index (χ4n) is 2.42. The van der Waals surface area contributed by atoms with Crippen molar-refractivity contribution in [3.63, 3.8) is 0 Å². The Morgan fingerprint density at radius 2 is 1.79 bits per heavy atom. The molecule has 0 spiro atoms. The number of nitrogens with two attached hydrogens (primary N) is 1. The minimum atomic E-state index is -0.0198. The zero-order valence-corrected chi connectivity index (χ0v) is 12.7. The summed E-state index contributed by atoms with van der Waals surface area (Å²) in [6, 6.07) is 0.195. The third kappa shape index (κ3) is 5.89. The normalized spacial score (nSPS) is 19.6. The molecule has 0 saturated carbocycles. The monoisotopic (exact) mass is 270 g/mol. The minimum absolute atomic E-state index is 0.0198. The van der Waals surface area contributed by atoms with Crippen LogP contribution in [0.4, 0.5) is 0 Å². The van der Waals surface area contributed by atoms with E-state index in [0.717, 1.165) is 45.7 Å². The van der Waals surface area contributed by atoms with Crippen molar-refractivity contribution in [2.45, 2.75) is 45.7 Å². The summed E-state index contributed by atoms with van der Waals surface area (Å²) in [5.74, 6) is 0.145. The number of hydrogen-bond acceptors (Lipinski definition) is 4. The number of nitrogens with one attached hydrogen (secondary N) is 1. The summed E-state index contributed by atoms with van der Waals surface area (Å²) in [4.78, 5) is 16.7. The van der Waals surface area contributed by atoms with E-state index in [1.807, 2.05) is 20.8 Å². The molecule has 0 bridgehead atoms. The summed E-state index contributed by atoms with van der Waals surface area (Å²) < 4.78 is 0. The van der Waals surface area contributed by atoms with Crippen molar-refractivity contribution < 1.29 is 4.79 Å². The summed E-state index contributed by atoms with van der Waals surface area (Å²) >= 11 is 0. The lowest BCUT2D eigenvalue weighted by Gasteiger charge is -2.37. The van der Waals surface area contributed by atoms with Gasteiger partial charge >= 0.3 is 0 Å². The molecule has 1 fully saturated rings. The highest BCUT2D eigenvalue weighted by atomic mass is 16.2. The predicted octanol–water partition coefficient (Wildman–Crippen LogP) is 0.256. The van der Waals surface area contributed by atoms with Gasteiger partial charge in [0, 0.05) is 32.2 Å². The van der Waals surface area contributed by atoms with Gasteiger partial charge in [0.1, 0.15) is 0 Å². The fourth-order valence-corrected chi connectivity index (χ4v) is 2.42. The lowest BCUT2D eigenvalue weighted by atomic mass is 10.2. The van der Waals surface area contributed by atoms with Gasteiger partial charge in [-0.05, 0) is 46.7 Å². The molecule has 19 heavy (non-hydrogen) atoms. The Morgan fingerprint density at radius 1 is 1.16 bits per heavy atom. The molecule has 0 aromatic heterocycles. The summed E-state index contributed by atoms with van der Waals surface area (Å²) in [6.07, 6.45) is 2.29. The van der Waals surface area contributed by atoms with Gasteiger partial charge in [0.15, 0.2) is 0 Å². The average molecular weight is 270 g/mol. The van der Waals surface area contributed by atoms with Gasteiger partial charge in [-0.3, -0.25) is 9.69 Å². The zero-order chi connectivity index (χ0) is 14.3. The van der Waals surface area contributed by atoms with Crippen molar-refractivity contribution in [1.29, 1.82) is 0 Å². The van der Waals surface area contributed by atoms with Crippen LogP contribution in [0.5, 0.6) is 0 Å². The Bertz CT molecular complexity index is 262. The zero-order valence-electron chi connectivity index (χ0n) is 12.7. The van der Waals surface area contributed by atoms with Crippen molar-refractivity contribution in [3.05, 3.63) is 0 Å². The number of carbonyl (C=O) groups is 1. The Morgan fingerprint density at radius 3 is 2.32 bits per heavy atom. The van der Waals surface area contributed by atoms with Crippen molar-refractivity contribution in [1.82, 2.24) is 15.1 Å². The Labute approximate surface area is 117 Å². The van der Waals surface area contributed by atoms with Gasteiger partial charge in [-0.15, -0.1) is 0 Å². The van der Waals surface area contributed by atoms with Gasteiger partial charge < -0.3 is 16.0 Å². The van der Waals surface area contributed by atoms with Crippen LogP contribution in [0.2, 0.25) is 0 Å². The quantitative estimate of drug-likeness (QED) is 0.651. The second-order valence-electron chi connectivity index (χ2n) is 5.71. The van der Waals surface area contributed by atoms with E-state index in [-0.39, 0.29) is 18.0 Å². The molecule has 0 aromatic carbocycles. The average Bonchev–Trinajstić information content (AvgIpc) is 2.38. The highest BCUT2D eigenvalue weighted by molar-refractivity contribution is 5.81. The van der Waals surface area contributed by atoms with Crippen molar-refractivity contribution >= 4 is 5.91 Å². The molecule has 3 N–H and O–H groups in total. The standard InChI is InChI=1S/C14H30N4O/c1-12(2)16-14(19)13(3)18-10-8-17(9-11-18)7-5-4-6-15/h12-13H,4-11,15H2,1-3H3,(H,16,19). The minimum Gasteiger partial charge on any atom is -0.353 e. The number of piperazine rings is 1. The predicted molar refractivity (Wildman–Crippen MR) is 79.0 cm³/mol. The topological polar surface area (TPSA) is 61.6 Å². The van der Waals surface area contributed by atoms with E-state index in [4.69, 9.17) is 5.73 Å². The molecule has 0 radical (unpaired) electrons. The Kier molecular flexibility index (Phi) is 7.34. The number of rotatable bonds is 7. The maximum Gasteiger partial charge on any atom is 0.237 e. The van der Waals surface area contributed by atoms with Crippen LogP contribution in [0.1, 0.15) is 33.6 Å².